The summed E-state index contributed by atoms with van der Waals surface area (Å²) in [5.41, 5.74) is 1.76. The molecule has 1 N–H and O–H groups in total. The van der Waals surface area contributed by atoms with E-state index in [1.807, 2.05) is 24.3 Å². The molecule has 1 aliphatic rings. The van der Waals surface area contributed by atoms with Crippen LogP contribution in [0.25, 0.3) is 0 Å². The van der Waals surface area contributed by atoms with Gasteiger partial charge in [-0.15, -0.1) is 0 Å². The Morgan fingerprint density at radius 2 is 2.33 bits per heavy atom. The van der Waals surface area contributed by atoms with Crippen molar-refractivity contribution in [2.45, 2.75) is 12.5 Å². The van der Waals surface area contributed by atoms with Gasteiger partial charge in [0.25, 0.3) is 5.91 Å². The monoisotopic (exact) mass is 243 g/mol. The molecule has 1 aromatic heterocycles. The summed E-state index contributed by atoms with van der Waals surface area (Å²) in [7, 11) is 1.80. The van der Waals surface area contributed by atoms with Crippen LogP contribution in [0.2, 0.25) is 0 Å². The van der Waals surface area contributed by atoms with E-state index in [1.165, 1.54) is 0 Å². The molecule has 0 unspecified atom stereocenters. The first-order valence-corrected chi connectivity index (χ1v) is 5.76. The zero-order chi connectivity index (χ0) is 12.5. The minimum atomic E-state index is -0.456. The molecule has 0 bridgehead atoms. The van der Waals surface area contributed by atoms with Crippen LogP contribution in [0.3, 0.4) is 0 Å². The third-order valence-electron chi connectivity index (χ3n) is 2.91. The standard InChI is InChI=1S/C13H13N3O2/c1-16-8-10(7-14-16)15-13(17)12-6-9-4-2-3-5-11(9)18-12/h2-5,7-8,12H,6H2,1H3,(H,15,17)/t12-/m0/s1. The van der Waals surface area contributed by atoms with E-state index in [0.717, 1.165) is 11.3 Å². The number of anilines is 1. The summed E-state index contributed by atoms with van der Waals surface area (Å²) < 4.78 is 7.25. The molecule has 5 nitrogen and oxygen atoms in total. The third-order valence-corrected chi connectivity index (χ3v) is 2.91. The van der Waals surface area contributed by atoms with Gasteiger partial charge in [-0.2, -0.15) is 5.10 Å². The van der Waals surface area contributed by atoms with Crippen LogP contribution in [0.1, 0.15) is 5.56 Å². The van der Waals surface area contributed by atoms with Gasteiger partial charge in [-0.1, -0.05) is 18.2 Å². The zero-order valence-corrected chi connectivity index (χ0v) is 9.96. The molecule has 1 amide bonds. The summed E-state index contributed by atoms with van der Waals surface area (Å²) in [6.45, 7) is 0. The lowest BCUT2D eigenvalue weighted by Gasteiger charge is -2.09. The smallest absolute Gasteiger partial charge is 0.265 e. The van der Waals surface area contributed by atoms with Crippen LogP contribution >= 0.6 is 0 Å². The fraction of sp³-hybridized carbons (Fsp3) is 0.231. The lowest BCUT2D eigenvalue weighted by Crippen LogP contribution is -2.31. The van der Waals surface area contributed by atoms with E-state index >= 15 is 0 Å². The number of rotatable bonds is 2. The number of aromatic nitrogens is 2. The molecule has 0 spiro atoms. The van der Waals surface area contributed by atoms with E-state index in [0.29, 0.717) is 12.1 Å². The van der Waals surface area contributed by atoms with Crippen LogP contribution in [-0.4, -0.2) is 21.8 Å². The van der Waals surface area contributed by atoms with Crippen LogP contribution in [0.15, 0.2) is 36.7 Å². The summed E-state index contributed by atoms with van der Waals surface area (Å²) >= 11 is 0. The van der Waals surface area contributed by atoms with Crippen molar-refractivity contribution >= 4 is 11.6 Å². The molecule has 1 atom stereocenters. The summed E-state index contributed by atoms with van der Waals surface area (Å²) in [5, 5.41) is 6.79. The van der Waals surface area contributed by atoms with Gasteiger partial charge in [0.15, 0.2) is 6.10 Å². The van der Waals surface area contributed by atoms with E-state index < -0.39 is 6.10 Å². The topological polar surface area (TPSA) is 56.2 Å². The van der Waals surface area contributed by atoms with Crippen LogP contribution in [0.5, 0.6) is 5.75 Å². The van der Waals surface area contributed by atoms with Crippen molar-refractivity contribution in [1.82, 2.24) is 9.78 Å². The number of hydrogen-bond acceptors (Lipinski definition) is 3. The highest BCUT2D eigenvalue weighted by atomic mass is 16.5. The van der Waals surface area contributed by atoms with Crippen LogP contribution in [0, 0.1) is 0 Å². The van der Waals surface area contributed by atoms with Crippen molar-refractivity contribution in [3.05, 3.63) is 42.2 Å². The Morgan fingerprint density at radius 3 is 3.06 bits per heavy atom. The number of benzene rings is 1. The first kappa shape index (κ1) is 10.8. The number of nitrogens with one attached hydrogen (secondary N) is 1. The molecule has 1 aromatic carbocycles. The van der Waals surface area contributed by atoms with Crippen molar-refractivity contribution < 1.29 is 9.53 Å². The fourth-order valence-corrected chi connectivity index (χ4v) is 2.04. The number of para-hydroxylation sites is 1. The molecule has 0 saturated heterocycles. The Balaban J connectivity index is 1.69. The molecule has 0 radical (unpaired) electrons. The number of hydrogen-bond donors (Lipinski definition) is 1. The second-order valence-corrected chi connectivity index (χ2v) is 4.31. The van der Waals surface area contributed by atoms with Crippen molar-refractivity contribution in [3.8, 4) is 5.75 Å². The van der Waals surface area contributed by atoms with Crippen molar-refractivity contribution in [2.24, 2.45) is 7.05 Å². The van der Waals surface area contributed by atoms with Gasteiger partial charge in [-0.3, -0.25) is 9.48 Å². The van der Waals surface area contributed by atoms with Crippen LogP contribution in [0.4, 0.5) is 5.69 Å². The summed E-state index contributed by atoms with van der Waals surface area (Å²) in [6.07, 6.45) is 3.52. The predicted molar refractivity (Wildman–Crippen MR) is 66.4 cm³/mol. The lowest BCUT2D eigenvalue weighted by atomic mass is 10.1. The minimum Gasteiger partial charge on any atom is -0.480 e. The molecule has 92 valence electrons. The number of amides is 1. The van der Waals surface area contributed by atoms with E-state index in [2.05, 4.69) is 10.4 Å². The maximum Gasteiger partial charge on any atom is 0.265 e. The van der Waals surface area contributed by atoms with Gasteiger partial charge in [-0.05, 0) is 11.6 Å². The van der Waals surface area contributed by atoms with Gasteiger partial charge in [-0.25, -0.2) is 0 Å². The number of carbonyl (C=O) groups is 1. The molecule has 2 aromatic rings. The normalized spacial score (nSPS) is 17.1. The van der Waals surface area contributed by atoms with E-state index in [1.54, 1.807) is 24.1 Å². The van der Waals surface area contributed by atoms with Gasteiger partial charge < -0.3 is 10.1 Å². The highest BCUT2D eigenvalue weighted by molar-refractivity contribution is 5.94. The fourth-order valence-electron chi connectivity index (χ4n) is 2.04. The van der Waals surface area contributed by atoms with Gasteiger partial charge in [0, 0.05) is 19.7 Å². The maximum absolute atomic E-state index is 12.0. The zero-order valence-electron chi connectivity index (χ0n) is 9.96. The Labute approximate surface area is 104 Å². The van der Waals surface area contributed by atoms with Crippen molar-refractivity contribution in [3.63, 3.8) is 0 Å². The van der Waals surface area contributed by atoms with Gasteiger partial charge >= 0.3 is 0 Å². The number of ether oxygens (including phenoxy) is 1. The molecule has 3 rings (SSSR count). The van der Waals surface area contributed by atoms with E-state index in [9.17, 15) is 4.79 Å². The maximum atomic E-state index is 12.0. The SMILES string of the molecule is Cn1cc(NC(=O)[C@@H]2Cc3ccccc3O2)cn1. The second-order valence-electron chi connectivity index (χ2n) is 4.31. The average Bonchev–Trinajstić information content (AvgIpc) is 2.95. The van der Waals surface area contributed by atoms with Gasteiger partial charge in [0.1, 0.15) is 5.75 Å². The number of carbonyl (C=O) groups excluding carboxylic acids is 1. The molecule has 0 saturated carbocycles. The highest BCUT2D eigenvalue weighted by Gasteiger charge is 2.28. The van der Waals surface area contributed by atoms with Crippen LogP contribution < -0.4 is 10.1 Å². The first-order valence-electron chi connectivity index (χ1n) is 5.76. The molecular formula is C13H13N3O2. The second kappa shape index (κ2) is 4.18. The number of nitrogens with zero attached hydrogens (tertiary/aromatic N) is 2. The third kappa shape index (κ3) is 1.95. The first-order chi connectivity index (χ1) is 8.72. The Morgan fingerprint density at radius 1 is 1.50 bits per heavy atom. The molecule has 0 aliphatic carbocycles. The summed E-state index contributed by atoms with van der Waals surface area (Å²) in [4.78, 5) is 12.0. The Kier molecular flexibility index (Phi) is 2.51. The molecule has 2 heterocycles. The molecular weight excluding hydrogens is 230 g/mol. The van der Waals surface area contributed by atoms with Crippen molar-refractivity contribution in [1.29, 1.82) is 0 Å². The Hall–Kier alpha value is -2.30. The van der Waals surface area contributed by atoms with E-state index in [4.69, 9.17) is 4.74 Å². The van der Waals surface area contributed by atoms with Crippen LogP contribution in [-0.2, 0) is 18.3 Å². The van der Waals surface area contributed by atoms with Crippen molar-refractivity contribution in [2.75, 3.05) is 5.32 Å². The summed E-state index contributed by atoms with van der Waals surface area (Å²) in [5.74, 6) is 0.656. The highest BCUT2D eigenvalue weighted by Crippen LogP contribution is 2.28. The largest absolute Gasteiger partial charge is 0.480 e. The minimum absolute atomic E-state index is 0.140. The summed E-state index contributed by atoms with van der Waals surface area (Å²) in [6, 6.07) is 7.71. The quantitative estimate of drug-likeness (QED) is 0.866. The van der Waals surface area contributed by atoms with E-state index in [-0.39, 0.29) is 5.91 Å². The average molecular weight is 243 g/mol. The molecule has 0 fully saturated rings. The molecule has 5 heteroatoms. The molecule has 1 aliphatic heterocycles. The lowest BCUT2D eigenvalue weighted by molar-refractivity contribution is -0.122. The number of fused-ring (bicyclic) bond motifs is 1. The Bertz CT molecular complexity index is 566. The number of aryl methyl sites for hydroxylation is 1. The predicted octanol–water partition coefficient (Wildman–Crippen LogP) is 1.36. The molecule has 18 heavy (non-hydrogen) atoms. The van der Waals surface area contributed by atoms with Gasteiger partial charge in [0.05, 0.1) is 11.9 Å². The van der Waals surface area contributed by atoms with Gasteiger partial charge in [0.2, 0.25) is 0 Å².